The van der Waals surface area contributed by atoms with E-state index in [0.717, 1.165) is 18.6 Å². The van der Waals surface area contributed by atoms with Gasteiger partial charge in [-0.2, -0.15) is 0 Å². The summed E-state index contributed by atoms with van der Waals surface area (Å²) in [6.07, 6.45) is 3.45. The second kappa shape index (κ2) is 11.4. The monoisotopic (exact) mass is 448 g/mol. The number of rotatable bonds is 11. The number of hydrogen-bond acceptors (Lipinski definition) is 9. The molecule has 0 aliphatic carbocycles. The number of nitrogens with one attached hydrogen (secondary N) is 2. The van der Waals surface area contributed by atoms with Crippen molar-refractivity contribution in [2.75, 3.05) is 25.0 Å². The first kappa shape index (κ1) is 24.2. The molecule has 0 atom stereocenters. The van der Waals surface area contributed by atoms with Crippen LogP contribution in [0.2, 0.25) is 0 Å². The average Bonchev–Trinajstić information content (AvgIpc) is 3.20. The Bertz CT molecular complexity index is 988. The third kappa shape index (κ3) is 7.34. The fraction of sp³-hybridized carbons (Fsp3) is 0.421. The second-order valence-electron chi connectivity index (χ2n) is 7.24. The van der Waals surface area contributed by atoms with Crippen LogP contribution in [-0.4, -0.2) is 51.1 Å². The van der Waals surface area contributed by atoms with Crippen molar-refractivity contribution in [3.63, 3.8) is 0 Å². The largest absolute Gasteiger partial charge is 0.449 e. The number of nitrogens with zero attached hydrogens (tertiary/aromatic N) is 4. The number of nitro benzene ring substituents is 2. The van der Waals surface area contributed by atoms with E-state index in [1.54, 1.807) is 0 Å². The van der Waals surface area contributed by atoms with Gasteiger partial charge in [-0.25, -0.2) is 14.3 Å². The van der Waals surface area contributed by atoms with Crippen molar-refractivity contribution >= 4 is 29.1 Å². The van der Waals surface area contributed by atoms with Gasteiger partial charge in [0.15, 0.2) is 0 Å². The van der Waals surface area contributed by atoms with Gasteiger partial charge in [-0.3, -0.25) is 25.0 Å². The molecule has 0 aliphatic heterocycles. The first-order valence-corrected chi connectivity index (χ1v) is 9.80. The number of carbonyl (C=O) groups excluding carboxylic acids is 2. The summed E-state index contributed by atoms with van der Waals surface area (Å²) in [5.41, 5.74) is -0.358. The maximum Gasteiger partial charge on any atom is 0.419 e. The number of anilines is 1. The molecule has 2 rings (SSSR count). The van der Waals surface area contributed by atoms with Gasteiger partial charge in [-0.15, -0.1) is 0 Å². The van der Waals surface area contributed by atoms with Crippen LogP contribution < -0.4 is 10.6 Å². The Morgan fingerprint density at radius 3 is 2.62 bits per heavy atom. The average molecular weight is 448 g/mol. The number of aromatic nitrogens is 2. The van der Waals surface area contributed by atoms with E-state index < -0.39 is 33.2 Å². The molecule has 0 aliphatic rings. The number of benzene rings is 1. The van der Waals surface area contributed by atoms with Gasteiger partial charge in [0.1, 0.15) is 12.0 Å². The highest BCUT2D eigenvalue weighted by atomic mass is 16.6. The van der Waals surface area contributed by atoms with Gasteiger partial charge in [-0.05, 0) is 18.4 Å². The Kier molecular flexibility index (Phi) is 8.63. The van der Waals surface area contributed by atoms with E-state index >= 15 is 0 Å². The molecule has 0 bridgehead atoms. The highest BCUT2D eigenvalue weighted by Gasteiger charge is 2.19. The minimum absolute atomic E-state index is 0.00882. The summed E-state index contributed by atoms with van der Waals surface area (Å²) in [6, 6.07) is 3.11. The summed E-state index contributed by atoms with van der Waals surface area (Å²) in [5, 5.41) is 27.1. The van der Waals surface area contributed by atoms with E-state index in [-0.39, 0.29) is 18.8 Å². The lowest BCUT2D eigenvalue weighted by atomic mass is 10.1. The van der Waals surface area contributed by atoms with Crippen LogP contribution >= 0.6 is 0 Å². The Morgan fingerprint density at radius 1 is 1.22 bits per heavy atom. The van der Waals surface area contributed by atoms with Gasteiger partial charge in [0.2, 0.25) is 5.91 Å². The van der Waals surface area contributed by atoms with Crippen LogP contribution in [0.4, 0.5) is 21.9 Å². The zero-order valence-corrected chi connectivity index (χ0v) is 17.6. The molecule has 172 valence electrons. The van der Waals surface area contributed by atoms with Gasteiger partial charge in [0.05, 0.1) is 34.8 Å². The van der Waals surface area contributed by atoms with Crippen LogP contribution in [0.5, 0.6) is 0 Å². The fourth-order valence-corrected chi connectivity index (χ4v) is 2.55. The van der Waals surface area contributed by atoms with Crippen LogP contribution in [-0.2, 0) is 16.0 Å². The number of nitro groups is 2. The van der Waals surface area contributed by atoms with E-state index in [1.165, 1.54) is 23.2 Å². The molecule has 1 aromatic heterocycles. The normalized spacial score (nSPS) is 10.6. The highest BCUT2D eigenvalue weighted by Crippen LogP contribution is 2.28. The molecular weight excluding hydrogens is 424 g/mol. The molecule has 0 saturated carbocycles. The van der Waals surface area contributed by atoms with Crippen molar-refractivity contribution in [3.05, 3.63) is 56.6 Å². The summed E-state index contributed by atoms with van der Waals surface area (Å²) in [6.45, 7) is 4.33. The van der Waals surface area contributed by atoms with Gasteiger partial charge in [0.25, 0.3) is 11.4 Å². The lowest BCUT2D eigenvalue weighted by molar-refractivity contribution is -0.393. The molecule has 1 amide bonds. The second-order valence-corrected chi connectivity index (χ2v) is 7.24. The van der Waals surface area contributed by atoms with E-state index in [0.29, 0.717) is 24.6 Å². The van der Waals surface area contributed by atoms with E-state index in [4.69, 9.17) is 4.74 Å². The van der Waals surface area contributed by atoms with Crippen LogP contribution in [0.15, 0.2) is 30.7 Å². The van der Waals surface area contributed by atoms with Crippen molar-refractivity contribution in [1.82, 2.24) is 14.9 Å². The number of non-ortho nitro benzene ring substituents is 1. The number of hydrogen-bond donors (Lipinski definition) is 2. The van der Waals surface area contributed by atoms with E-state index in [1.807, 2.05) is 13.8 Å². The van der Waals surface area contributed by atoms with Crippen molar-refractivity contribution < 1.29 is 24.2 Å². The smallest absolute Gasteiger partial charge is 0.419 e. The third-order valence-electron chi connectivity index (χ3n) is 4.30. The van der Waals surface area contributed by atoms with Crippen molar-refractivity contribution in [2.24, 2.45) is 5.92 Å². The van der Waals surface area contributed by atoms with Gasteiger partial charge >= 0.3 is 6.09 Å². The molecule has 1 heterocycles. The van der Waals surface area contributed by atoms with Crippen molar-refractivity contribution in [1.29, 1.82) is 0 Å². The summed E-state index contributed by atoms with van der Waals surface area (Å²) in [5.74, 6) is -0.0176. The standard InChI is InChI=1S/C19H24N6O7/c1-13(2)6-8-32-19(27)23-11-14(22-12-23)5-7-20-18(26)10-21-16-4-3-15(24(28)29)9-17(16)25(30)31/h3-4,9,11-13,21H,5-8,10H2,1-2H3,(H,20,26). The zero-order valence-electron chi connectivity index (χ0n) is 17.6. The minimum atomic E-state index is -0.766. The number of ether oxygens (including phenoxy) is 1. The Balaban J connectivity index is 1.79. The predicted molar refractivity (Wildman–Crippen MR) is 113 cm³/mol. The first-order chi connectivity index (χ1) is 15.2. The molecule has 13 nitrogen and oxygen atoms in total. The molecule has 0 fully saturated rings. The molecule has 13 heteroatoms. The van der Waals surface area contributed by atoms with E-state index in [9.17, 15) is 29.8 Å². The van der Waals surface area contributed by atoms with Crippen molar-refractivity contribution in [2.45, 2.75) is 26.7 Å². The van der Waals surface area contributed by atoms with Gasteiger partial charge < -0.3 is 15.4 Å². The zero-order chi connectivity index (χ0) is 23.7. The van der Waals surface area contributed by atoms with Crippen molar-refractivity contribution in [3.8, 4) is 0 Å². The quantitative estimate of drug-likeness (QED) is 0.387. The van der Waals surface area contributed by atoms with Crippen LogP contribution in [0, 0.1) is 26.1 Å². The van der Waals surface area contributed by atoms with Crippen LogP contribution in [0.1, 0.15) is 26.0 Å². The molecular formula is C19H24N6O7. The SMILES string of the molecule is CC(C)CCOC(=O)n1cnc(CCNC(=O)CNc2ccc([N+](=O)[O-])cc2[N+](=O)[O-])c1. The predicted octanol–water partition coefficient (Wildman–Crippen LogP) is 2.50. The summed E-state index contributed by atoms with van der Waals surface area (Å²) in [4.78, 5) is 48.4. The van der Waals surface area contributed by atoms with E-state index in [2.05, 4.69) is 15.6 Å². The third-order valence-corrected chi connectivity index (χ3v) is 4.30. The molecule has 2 N–H and O–H groups in total. The molecule has 2 aromatic rings. The molecule has 0 spiro atoms. The molecule has 0 unspecified atom stereocenters. The summed E-state index contributed by atoms with van der Waals surface area (Å²) in [7, 11) is 0. The first-order valence-electron chi connectivity index (χ1n) is 9.80. The highest BCUT2D eigenvalue weighted by molar-refractivity contribution is 5.82. The molecule has 0 saturated heterocycles. The Hall–Kier alpha value is -4.03. The minimum Gasteiger partial charge on any atom is -0.449 e. The maximum atomic E-state index is 12.0. The molecule has 1 aromatic carbocycles. The number of imidazole rings is 1. The lowest BCUT2D eigenvalue weighted by Gasteiger charge is -2.08. The van der Waals surface area contributed by atoms with Crippen LogP contribution in [0.25, 0.3) is 0 Å². The van der Waals surface area contributed by atoms with Gasteiger partial charge in [-0.1, -0.05) is 13.8 Å². The number of carbonyl (C=O) groups is 2. The lowest BCUT2D eigenvalue weighted by Crippen LogP contribution is -2.31. The van der Waals surface area contributed by atoms with Gasteiger partial charge in [0, 0.05) is 25.2 Å². The number of amides is 1. The summed E-state index contributed by atoms with van der Waals surface area (Å²) < 4.78 is 6.37. The summed E-state index contributed by atoms with van der Waals surface area (Å²) >= 11 is 0. The molecule has 32 heavy (non-hydrogen) atoms. The maximum absolute atomic E-state index is 12.0. The Morgan fingerprint density at radius 2 is 1.97 bits per heavy atom. The topological polar surface area (TPSA) is 172 Å². The van der Waals surface area contributed by atoms with Crippen LogP contribution in [0.3, 0.4) is 0 Å². The fourth-order valence-electron chi connectivity index (χ4n) is 2.55. The molecule has 0 radical (unpaired) electrons. The Labute approximate surface area is 183 Å².